The van der Waals surface area contributed by atoms with Crippen LogP contribution in [0.3, 0.4) is 0 Å². The van der Waals surface area contributed by atoms with Gasteiger partial charge >= 0.3 is 0 Å². The van der Waals surface area contributed by atoms with Crippen molar-refractivity contribution in [3.8, 4) is 10.6 Å². The predicted molar refractivity (Wildman–Crippen MR) is 61.1 cm³/mol. The van der Waals surface area contributed by atoms with Crippen molar-refractivity contribution in [3.63, 3.8) is 0 Å². The summed E-state index contributed by atoms with van der Waals surface area (Å²) in [5, 5.41) is 15.2. The summed E-state index contributed by atoms with van der Waals surface area (Å²) >= 11 is 1.64. The highest BCUT2D eigenvalue weighted by atomic mass is 32.1. The van der Waals surface area contributed by atoms with Crippen LogP contribution in [0.1, 0.15) is 5.69 Å². The van der Waals surface area contributed by atoms with Crippen LogP contribution in [-0.2, 0) is 6.54 Å². The van der Waals surface area contributed by atoms with Gasteiger partial charge in [0, 0.05) is 25.7 Å². The van der Waals surface area contributed by atoms with Gasteiger partial charge in [-0.15, -0.1) is 11.3 Å². The van der Waals surface area contributed by atoms with Gasteiger partial charge in [0.05, 0.1) is 16.7 Å². The first-order valence-electron chi connectivity index (χ1n) is 5.21. The predicted octanol–water partition coefficient (Wildman–Crippen LogP) is 1.58. The Morgan fingerprint density at radius 1 is 1.56 bits per heavy atom. The van der Waals surface area contributed by atoms with Gasteiger partial charge in [-0.05, 0) is 11.4 Å². The monoisotopic (exact) mass is 236 g/mol. The number of aliphatic hydroxyl groups is 1. The fraction of sp³-hybridized carbons (Fsp3) is 0.364. The molecule has 0 atom stereocenters. The minimum atomic E-state index is -0.163. The third-order valence-electron chi connectivity index (χ3n) is 2.65. The molecule has 5 heteroatoms. The van der Waals surface area contributed by atoms with E-state index in [1.54, 1.807) is 11.3 Å². The number of aliphatic hydroxyl groups excluding tert-OH is 1. The molecule has 0 aliphatic carbocycles. The molecule has 0 saturated carbocycles. The van der Waals surface area contributed by atoms with Crippen molar-refractivity contribution < 1.29 is 9.63 Å². The molecule has 1 aliphatic rings. The number of rotatable bonds is 3. The van der Waals surface area contributed by atoms with E-state index in [0.717, 1.165) is 36.0 Å². The zero-order valence-electron chi connectivity index (χ0n) is 8.67. The summed E-state index contributed by atoms with van der Waals surface area (Å²) in [5.41, 5.74) is 0.926. The minimum Gasteiger partial charge on any atom is -0.390 e. The maximum Gasteiger partial charge on any atom is 0.177 e. The van der Waals surface area contributed by atoms with E-state index in [9.17, 15) is 0 Å². The number of aromatic nitrogens is 1. The second-order valence-corrected chi connectivity index (χ2v) is 4.96. The van der Waals surface area contributed by atoms with Crippen molar-refractivity contribution in [2.75, 3.05) is 13.1 Å². The Kier molecular flexibility index (Phi) is 2.51. The van der Waals surface area contributed by atoms with Crippen LogP contribution in [0.25, 0.3) is 10.6 Å². The highest BCUT2D eigenvalue weighted by molar-refractivity contribution is 7.13. The first-order chi connectivity index (χ1) is 7.81. The zero-order chi connectivity index (χ0) is 11.0. The highest BCUT2D eigenvalue weighted by Gasteiger charge is 2.25. The smallest absolute Gasteiger partial charge is 0.177 e. The molecule has 0 bridgehead atoms. The van der Waals surface area contributed by atoms with Gasteiger partial charge in [-0.2, -0.15) is 0 Å². The fourth-order valence-corrected chi connectivity index (χ4v) is 2.50. The summed E-state index contributed by atoms with van der Waals surface area (Å²) in [6.45, 7) is 2.23. The molecule has 16 heavy (non-hydrogen) atoms. The number of nitrogens with zero attached hydrogens (tertiary/aromatic N) is 2. The Balaban J connectivity index is 1.69. The zero-order valence-corrected chi connectivity index (χ0v) is 9.48. The van der Waals surface area contributed by atoms with Crippen LogP contribution >= 0.6 is 11.3 Å². The van der Waals surface area contributed by atoms with Crippen LogP contribution in [0.4, 0.5) is 0 Å². The third-order valence-corrected chi connectivity index (χ3v) is 3.53. The van der Waals surface area contributed by atoms with Gasteiger partial charge < -0.3 is 9.63 Å². The molecule has 2 aromatic heterocycles. The van der Waals surface area contributed by atoms with Gasteiger partial charge in [-0.1, -0.05) is 11.2 Å². The van der Waals surface area contributed by atoms with Crippen LogP contribution in [0, 0.1) is 0 Å². The number of hydrogen-bond acceptors (Lipinski definition) is 5. The number of β-amino-alcohol motifs (C(OH)–C–C–N with tert-alkyl or cyclic N) is 1. The lowest BCUT2D eigenvalue weighted by atomic mass is 10.1. The first kappa shape index (κ1) is 10.0. The number of likely N-dealkylation sites (tertiary alicyclic amines) is 1. The van der Waals surface area contributed by atoms with Crippen molar-refractivity contribution in [2.24, 2.45) is 0 Å². The van der Waals surface area contributed by atoms with Crippen molar-refractivity contribution in [1.82, 2.24) is 10.1 Å². The van der Waals surface area contributed by atoms with Crippen molar-refractivity contribution >= 4 is 11.3 Å². The summed E-state index contributed by atoms with van der Waals surface area (Å²) in [7, 11) is 0. The van der Waals surface area contributed by atoms with Crippen LogP contribution in [0.15, 0.2) is 28.1 Å². The highest BCUT2D eigenvalue weighted by Crippen LogP contribution is 2.25. The first-order valence-corrected chi connectivity index (χ1v) is 6.09. The van der Waals surface area contributed by atoms with Crippen LogP contribution < -0.4 is 0 Å². The Morgan fingerprint density at radius 2 is 2.44 bits per heavy atom. The fourth-order valence-electron chi connectivity index (χ4n) is 1.82. The van der Waals surface area contributed by atoms with Gasteiger partial charge in [-0.3, -0.25) is 4.90 Å². The second-order valence-electron chi connectivity index (χ2n) is 4.01. The molecule has 0 aromatic carbocycles. The van der Waals surface area contributed by atoms with E-state index in [-0.39, 0.29) is 6.10 Å². The summed E-state index contributed by atoms with van der Waals surface area (Å²) in [4.78, 5) is 3.24. The lowest BCUT2D eigenvalue weighted by molar-refractivity contribution is -0.00399. The molecule has 4 nitrogen and oxygen atoms in total. The third kappa shape index (κ3) is 1.89. The Morgan fingerprint density at radius 3 is 3.12 bits per heavy atom. The minimum absolute atomic E-state index is 0.163. The lowest BCUT2D eigenvalue weighted by Gasteiger charge is -2.34. The van der Waals surface area contributed by atoms with Gasteiger partial charge in [0.15, 0.2) is 5.76 Å². The maximum atomic E-state index is 9.17. The maximum absolute atomic E-state index is 9.17. The van der Waals surface area contributed by atoms with E-state index < -0.39 is 0 Å². The van der Waals surface area contributed by atoms with E-state index in [4.69, 9.17) is 9.63 Å². The Labute approximate surface area is 97.1 Å². The average Bonchev–Trinajstić information content (AvgIpc) is 2.84. The summed E-state index contributed by atoms with van der Waals surface area (Å²) in [6, 6.07) is 5.98. The summed E-state index contributed by atoms with van der Waals surface area (Å²) in [6.07, 6.45) is -0.163. The van der Waals surface area contributed by atoms with E-state index in [1.165, 1.54) is 0 Å². The summed E-state index contributed by atoms with van der Waals surface area (Å²) < 4.78 is 5.28. The Bertz CT molecular complexity index is 460. The molecule has 0 amide bonds. The molecule has 3 heterocycles. The normalized spacial score (nSPS) is 17.6. The number of thiophene rings is 1. The van der Waals surface area contributed by atoms with E-state index >= 15 is 0 Å². The van der Waals surface area contributed by atoms with Crippen molar-refractivity contribution in [3.05, 3.63) is 29.3 Å². The average molecular weight is 236 g/mol. The van der Waals surface area contributed by atoms with Gasteiger partial charge in [0.2, 0.25) is 0 Å². The molecule has 2 aromatic rings. The second kappa shape index (κ2) is 4.01. The molecular weight excluding hydrogens is 224 g/mol. The Hall–Kier alpha value is -1.17. The SMILES string of the molecule is OC1CN(Cc2cc(-c3cccs3)on2)C1. The lowest BCUT2D eigenvalue weighted by Crippen LogP contribution is -2.49. The molecule has 84 valence electrons. The van der Waals surface area contributed by atoms with Crippen molar-refractivity contribution in [2.45, 2.75) is 12.6 Å². The van der Waals surface area contributed by atoms with Gasteiger partial charge in [0.25, 0.3) is 0 Å². The largest absolute Gasteiger partial charge is 0.390 e. The summed E-state index contributed by atoms with van der Waals surface area (Å²) in [5.74, 6) is 0.825. The number of hydrogen-bond donors (Lipinski definition) is 1. The molecular formula is C11H12N2O2S. The topological polar surface area (TPSA) is 49.5 Å². The van der Waals surface area contributed by atoms with Gasteiger partial charge in [-0.25, -0.2) is 0 Å². The molecule has 0 unspecified atom stereocenters. The van der Waals surface area contributed by atoms with Crippen LogP contribution in [0.2, 0.25) is 0 Å². The molecule has 1 aliphatic heterocycles. The van der Waals surface area contributed by atoms with Crippen molar-refractivity contribution in [1.29, 1.82) is 0 Å². The molecule has 3 rings (SSSR count). The molecule has 1 saturated heterocycles. The van der Waals surface area contributed by atoms with Crippen LogP contribution in [-0.4, -0.2) is 34.4 Å². The molecule has 1 fully saturated rings. The van der Waals surface area contributed by atoms with Gasteiger partial charge in [0.1, 0.15) is 0 Å². The van der Waals surface area contributed by atoms with E-state index in [0.29, 0.717) is 0 Å². The molecule has 0 radical (unpaired) electrons. The van der Waals surface area contributed by atoms with E-state index in [2.05, 4.69) is 10.1 Å². The van der Waals surface area contributed by atoms with E-state index in [1.807, 2.05) is 23.6 Å². The molecule has 1 N–H and O–H groups in total. The standard InChI is InChI=1S/C11H12N2O2S/c14-9-6-13(7-9)5-8-4-10(15-12-8)11-2-1-3-16-11/h1-4,9,14H,5-7H2. The molecule has 0 spiro atoms. The van der Waals surface area contributed by atoms with Crippen LogP contribution in [0.5, 0.6) is 0 Å². The quantitative estimate of drug-likeness (QED) is 0.879.